The molecule has 13 heteroatoms. The van der Waals surface area contributed by atoms with Crippen molar-refractivity contribution in [3.05, 3.63) is 54.1 Å². The van der Waals surface area contributed by atoms with E-state index in [1.54, 1.807) is 23.6 Å². The van der Waals surface area contributed by atoms with Crippen molar-refractivity contribution < 1.29 is 9.47 Å². The molecule has 2 aromatic carbocycles. The van der Waals surface area contributed by atoms with E-state index >= 15 is 0 Å². The lowest BCUT2D eigenvalue weighted by molar-refractivity contribution is 0.362. The Hall–Kier alpha value is -3.22. The normalized spacial score (nSPS) is 10.6. The van der Waals surface area contributed by atoms with Gasteiger partial charge in [0.2, 0.25) is 5.16 Å². The largest absolute Gasteiger partial charge is 0.493 e. The molecule has 0 bridgehead atoms. The third-order valence-corrected chi connectivity index (χ3v) is 5.30. The van der Waals surface area contributed by atoms with E-state index in [1.807, 2.05) is 55.6 Å². The Morgan fingerprint density at radius 1 is 1.00 bits per heavy atom. The van der Waals surface area contributed by atoms with Crippen molar-refractivity contribution in [3.63, 3.8) is 0 Å². The average molecular weight is 476 g/mol. The zero-order chi connectivity index (χ0) is 21.5. The highest BCUT2D eigenvalue weighted by molar-refractivity contribution is 7.99. The van der Waals surface area contributed by atoms with E-state index in [-0.39, 0.29) is 18.4 Å². The SMILES string of the molecule is COc1cc(CNCCSc2nnnn2C)ccc1Oc1nnnn1-c1ccccc1.Cl. The molecule has 2 aromatic heterocycles. The maximum absolute atomic E-state index is 5.93. The van der Waals surface area contributed by atoms with Gasteiger partial charge in [0, 0.05) is 25.9 Å². The smallest absolute Gasteiger partial charge is 0.346 e. The van der Waals surface area contributed by atoms with Crippen molar-refractivity contribution in [2.24, 2.45) is 7.05 Å². The molecule has 0 aliphatic rings. The van der Waals surface area contributed by atoms with E-state index in [0.717, 1.165) is 28.7 Å². The van der Waals surface area contributed by atoms with Gasteiger partial charge in [0.1, 0.15) is 0 Å². The summed E-state index contributed by atoms with van der Waals surface area (Å²) in [6.07, 6.45) is 0. The number of hydrogen-bond acceptors (Lipinski definition) is 10. The van der Waals surface area contributed by atoms with Gasteiger partial charge in [-0.05, 0) is 50.7 Å². The van der Waals surface area contributed by atoms with Gasteiger partial charge in [-0.25, -0.2) is 4.68 Å². The van der Waals surface area contributed by atoms with Crippen LogP contribution in [0.25, 0.3) is 5.69 Å². The number of ether oxygens (including phenoxy) is 2. The van der Waals surface area contributed by atoms with Gasteiger partial charge in [0.15, 0.2) is 11.5 Å². The summed E-state index contributed by atoms with van der Waals surface area (Å²) < 4.78 is 14.6. The number of benzene rings is 2. The molecule has 0 amide bonds. The predicted molar refractivity (Wildman–Crippen MR) is 121 cm³/mol. The second-order valence-electron chi connectivity index (χ2n) is 6.41. The van der Waals surface area contributed by atoms with Gasteiger partial charge >= 0.3 is 6.01 Å². The highest BCUT2D eigenvalue weighted by Crippen LogP contribution is 2.32. The standard InChI is InChI=1S/C19H21N9O2S.ClH/c1-27-19(22-24-25-27)31-11-10-20-13-14-8-9-16(17(12-14)29-2)30-18-21-23-26-28(18)15-6-4-3-5-7-15;/h3-9,12,20H,10-11,13H2,1-2H3;1H. The minimum absolute atomic E-state index is 0. The lowest BCUT2D eigenvalue weighted by Crippen LogP contribution is -2.16. The summed E-state index contributed by atoms with van der Waals surface area (Å²) in [6, 6.07) is 15.5. The number of para-hydroxylation sites is 1. The second-order valence-corrected chi connectivity index (χ2v) is 7.47. The van der Waals surface area contributed by atoms with Gasteiger partial charge < -0.3 is 14.8 Å². The molecule has 0 fully saturated rings. The first-order valence-electron chi connectivity index (χ1n) is 9.49. The first kappa shape index (κ1) is 23.4. The van der Waals surface area contributed by atoms with Gasteiger partial charge in [-0.2, -0.15) is 4.68 Å². The number of nitrogens with zero attached hydrogens (tertiary/aromatic N) is 8. The van der Waals surface area contributed by atoms with Crippen LogP contribution in [0.4, 0.5) is 0 Å². The minimum Gasteiger partial charge on any atom is -0.493 e. The molecule has 0 spiro atoms. The van der Waals surface area contributed by atoms with Crippen molar-refractivity contribution in [1.29, 1.82) is 0 Å². The summed E-state index contributed by atoms with van der Waals surface area (Å²) in [5.41, 5.74) is 1.87. The summed E-state index contributed by atoms with van der Waals surface area (Å²) in [7, 11) is 3.43. The molecule has 0 radical (unpaired) electrons. The van der Waals surface area contributed by atoms with Crippen molar-refractivity contribution in [3.8, 4) is 23.2 Å². The molecule has 0 atom stereocenters. The van der Waals surface area contributed by atoms with E-state index in [1.165, 1.54) is 4.68 Å². The van der Waals surface area contributed by atoms with Crippen LogP contribution >= 0.6 is 24.2 Å². The van der Waals surface area contributed by atoms with Crippen LogP contribution in [0.1, 0.15) is 5.56 Å². The van der Waals surface area contributed by atoms with Crippen molar-refractivity contribution in [1.82, 2.24) is 45.7 Å². The predicted octanol–water partition coefficient (Wildman–Crippen LogP) is 2.29. The summed E-state index contributed by atoms with van der Waals surface area (Å²) >= 11 is 1.60. The number of thioether (sulfide) groups is 1. The van der Waals surface area contributed by atoms with Crippen LogP contribution in [0.15, 0.2) is 53.7 Å². The zero-order valence-corrected chi connectivity index (χ0v) is 19.1. The molecule has 11 nitrogen and oxygen atoms in total. The molecule has 4 aromatic rings. The number of tetrazole rings is 2. The first-order chi connectivity index (χ1) is 15.2. The van der Waals surface area contributed by atoms with Gasteiger partial charge in [0.05, 0.1) is 12.8 Å². The molecule has 0 aliphatic carbocycles. The van der Waals surface area contributed by atoms with Crippen molar-refractivity contribution in [2.45, 2.75) is 11.7 Å². The van der Waals surface area contributed by atoms with Crippen molar-refractivity contribution >= 4 is 24.2 Å². The lowest BCUT2D eigenvalue weighted by Gasteiger charge is -2.12. The molecule has 4 rings (SSSR count). The first-order valence-corrected chi connectivity index (χ1v) is 10.5. The number of aryl methyl sites for hydroxylation is 1. The molecular formula is C19H22ClN9O2S. The maximum atomic E-state index is 5.93. The molecule has 0 saturated carbocycles. The third-order valence-electron chi connectivity index (χ3n) is 4.29. The van der Waals surface area contributed by atoms with Gasteiger partial charge in [-0.1, -0.05) is 41.1 Å². The van der Waals surface area contributed by atoms with E-state index in [4.69, 9.17) is 9.47 Å². The fourth-order valence-corrected chi connectivity index (χ4v) is 3.52. The Morgan fingerprint density at radius 3 is 2.56 bits per heavy atom. The average Bonchev–Trinajstić information content (AvgIpc) is 3.43. The second kappa shape index (κ2) is 11.4. The minimum atomic E-state index is 0. The highest BCUT2D eigenvalue weighted by atomic mass is 35.5. The van der Waals surface area contributed by atoms with Gasteiger partial charge in [0.25, 0.3) is 0 Å². The number of halogens is 1. The summed E-state index contributed by atoms with van der Waals surface area (Å²) in [5, 5.41) is 27.3. The van der Waals surface area contributed by atoms with Gasteiger partial charge in [-0.15, -0.1) is 17.5 Å². The van der Waals surface area contributed by atoms with Crippen LogP contribution in [-0.4, -0.2) is 59.8 Å². The Morgan fingerprint density at radius 2 is 1.81 bits per heavy atom. The van der Waals surface area contributed by atoms with Crippen LogP contribution in [0.5, 0.6) is 17.5 Å². The molecule has 0 unspecified atom stereocenters. The van der Waals surface area contributed by atoms with Crippen molar-refractivity contribution in [2.75, 3.05) is 19.4 Å². The summed E-state index contributed by atoms with van der Waals surface area (Å²) in [4.78, 5) is 0. The van der Waals surface area contributed by atoms with Crippen LogP contribution in [0, 0.1) is 0 Å². The van der Waals surface area contributed by atoms with E-state index in [2.05, 4.69) is 36.4 Å². The third kappa shape index (κ3) is 5.72. The topological polar surface area (TPSA) is 118 Å². The summed E-state index contributed by atoms with van der Waals surface area (Å²) in [5.74, 6) is 1.99. The van der Waals surface area contributed by atoms with E-state index < -0.39 is 0 Å². The van der Waals surface area contributed by atoms with Crippen LogP contribution < -0.4 is 14.8 Å². The molecule has 0 aliphatic heterocycles. The molecule has 32 heavy (non-hydrogen) atoms. The molecular weight excluding hydrogens is 454 g/mol. The fourth-order valence-electron chi connectivity index (χ4n) is 2.77. The Bertz CT molecular complexity index is 1120. The Balaban J connectivity index is 0.00000289. The number of hydrogen-bond donors (Lipinski definition) is 1. The summed E-state index contributed by atoms with van der Waals surface area (Å²) in [6.45, 7) is 1.50. The number of rotatable bonds is 10. The molecule has 0 saturated heterocycles. The van der Waals surface area contributed by atoms with E-state index in [0.29, 0.717) is 18.0 Å². The number of methoxy groups -OCH3 is 1. The fraction of sp³-hybridized carbons (Fsp3) is 0.263. The lowest BCUT2D eigenvalue weighted by atomic mass is 10.2. The number of nitrogens with one attached hydrogen (secondary N) is 1. The molecule has 2 heterocycles. The highest BCUT2D eigenvalue weighted by Gasteiger charge is 2.14. The van der Waals surface area contributed by atoms with Crippen LogP contribution in [0.2, 0.25) is 0 Å². The van der Waals surface area contributed by atoms with Crippen LogP contribution in [-0.2, 0) is 13.6 Å². The van der Waals surface area contributed by atoms with Gasteiger partial charge in [-0.3, -0.25) is 0 Å². The Kier molecular flexibility index (Phi) is 8.36. The van der Waals surface area contributed by atoms with E-state index in [9.17, 15) is 0 Å². The molecule has 1 N–H and O–H groups in total. The molecule has 168 valence electrons. The quantitative estimate of drug-likeness (QED) is 0.270. The number of aromatic nitrogens is 8. The van der Waals surface area contributed by atoms with Crippen LogP contribution in [0.3, 0.4) is 0 Å². The monoisotopic (exact) mass is 475 g/mol. The maximum Gasteiger partial charge on any atom is 0.346 e. The zero-order valence-electron chi connectivity index (χ0n) is 17.5. The Labute approximate surface area is 194 Å².